The number of halogens is 1. The van der Waals surface area contributed by atoms with E-state index in [1.165, 1.54) is 11.0 Å². The first-order valence-corrected chi connectivity index (χ1v) is 8.64. The first-order chi connectivity index (χ1) is 11.5. The molecule has 0 aliphatic carbocycles. The Morgan fingerprint density at radius 3 is 2.79 bits per heavy atom. The molecule has 0 radical (unpaired) electrons. The summed E-state index contributed by atoms with van der Waals surface area (Å²) in [4.78, 5) is 15.0. The Morgan fingerprint density at radius 2 is 2.08 bits per heavy atom. The second-order valence-electron chi connectivity index (χ2n) is 7.02. The molecule has 1 aromatic rings. The standard InChI is InChI=1S/C18H25FN2O3/c1-12-4-5-16(15(19)9-12)20-7-2-3-13(11-20)17-10-14(22)6-8-21(17)18(23)24/h4-5,9,13-14,17,22H,2-3,6-8,10-11H2,1H3,(H,23,24). The molecule has 1 aromatic carbocycles. The Balaban J connectivity index is 1.77. The van der Waals surface area contributed by atoms with E-state index in [0.717, 1.165) is 24.9 Å². The molecule has 132 valence electrons. The first-order valence-electron chi connectivity index (χ1n) is 8.64. The van der Waals surface area contributed by atoms with Crippen molar-refractivity contribution < 1.29 is 19.4 Å². The van der Waals surface area contributed by atoms with Crippen LogP contribution in [0.15, 0.2) is 18.2 Å². The van der Waals surface area contributed by atoms with Crippen molar-refractivity contribution in [1.29, 1.82) is 0 Å². The highest BCUT2D eigenvalue weighted by molar-refractivity contribution is 5.65. The van der Waals surface area contributed by atoms with E-state index >= 15 is 0 Å². The lowest BCUT2D eigenvalue weighted by molar-refractivity contribution is 0.0193. The molecule has 0 saturated carbocycles. The van der Waals surface area contributed by atoms with Crippen molar-refractivity contribution in [1.82, 2.24) is 4.90 Å². The van der Waals surface area contributed by atoms with Crippen LogP contribution in [0, 0.1) is 18.7 Å². The van der Waals surface area contributed by atoms with Gasteiger partial charge in [0.1, 0.15) is 5.82 Å². The Bertz CT molecular complexity index is 610. The van der Waals surface area contributed by atoms with Crippen molar-refractivity contribution in [3.63, 3.8) is 0 Å². The fourth-order valence-corrected chi connectivity index (χ4v) is 4.07. The Hall–Kier alpha value is -1.82. The summed E-state index contributed by atoms with van der Waals surface area (Å²) < 4.78 is 14.3. The number of amides is 1. The summed E-state index contributed by atoms with van der Waals surface area (Å²) in [5.41, 5.74) is 1.47. The van der Waals surface area contributed by atoms with Gasteiger partial charge < -0.3 is 20.0 Å². The van der Waals surface area contributed by atoms with Gasteiger partial charge in [0.2, 0.25) is 0 Å². The van der Waals surface area contributed by atoms with Gasteiger partial charge in [-0.05, 0) is 56.2 Å². The van der Waals surface area contributed by atoms with Crippen LogP contribution in [-0.2, 0) is 0 Å². The second-order valence-corrected chi connectivity index (χ2v) is 7.02. The maximum Gasteiger partial charge on any atom is 0.407 e. The predicted molar refractivity (Wildman–Crippen MR) is 89.8 cm³/mol. The molecule has 2 fully saturated rings. The number of aliphatic hydroxyl groups excluding tert-OH is 1. The molecule has 3 atom stereocenters. The number of rotatable bonds is 2. The van der Waals surface area contributed by atoms with Crippen LogP contribution >= 0.6 is 0 Å². The van der Waals surface area contributed by atoms with E-state index in [1.807, 2.05) is 17.9 Å². The number of likely N-dealkylation sites (tertiary alicyclic amines) is 1. The van der Waals surface area contributed by atoms with Gasteiger partial charge >= 0.3 is 6.09 Å². The highest BCUT2D eigenvalue weighted by atomic mass is 19.1. The number of aliphatic hydroxyl groups is 1. The van der Waals surface area contributed by atoms with Gasteiger partial charge in [0, 0.05) is 25.7 Å². The van der Waals surface area contributed by atoms with Gasteiger partial charge in [-0.3, -0.25) is 0 Å². The summed E-state index contributed by atoms with van der Waals surface area (Å²) in [6, 6.07) is 5.04. The molecule has 5 nitrogen and oxygen atoms in total. The van der Waals surface area contributed by atoms with Gasteiger partial charge in [0.15, 0.2) is 0 Å². The molecule has 2 heterocycles. The maximum atomic E-state index is 14.3. The average Bonchev–Trinajstić information content (AvgIpc) is 2.54. The monoisotopic (exact) mass is 336 g/mol. The molecular weight excluding hydrogens is 311 g/mol. The highest BCUT2D eigenvalue weighted by Crippen LogP contribution is 2.33. The van der Waals surface area contributed by atoms with E-state index in [9.17, 15) is 19.4 Å². The van der Waals surface area contributed by atoms with Crippen molar-refractivity contribution in [3.8, 4) is 0 Å². The topological polar surface area (TPSA) is 64.0 Å². The van der Waals surface area contributed by atoms with Gasteiger partial charge in [0.25, 0.3) is 0 Å². The molecule has 3 rings (SSSR count). The van der Waals surface area contributed by atoms with Crippen LogP contribution in [-0.4, -0.2) is 53.0 Å². The number of hydrogen-bond acceptors (Lipinski definition) is 3. The molecule has 2 N–H and O–H groups in total. The van der Waals surface area contributed by atoms with E-state index in [1.54, 1.807) is 6.07 Å². The van der Waals surface area contributed by atoms with Gasteiger partial charge in [-0.2, -0.15) is 0 Å². The third-order valence-electron chi connectivity index (χ3n) is 5.31. The Labute approximate surface area is 141 Å². The van der Waals surface area contributed by atoms with E-state index in [2.05, 4.69) is 0 Å². The molecule has 24 heavy (non-hydrogen) atoms. The molecule has 6 heteroatoms. The summed E-state index contributed by atoms with van der Waals surface area (Å²) in [5.74, 6) is -0.111. The highest BCUT2D eigenvalue weighted by Gasteiger charge is 2.38. The predicted octanol–water partition coefficient (Wildman–Crippen LogP) is 2.85. The number of anilines is 1. The fourth-order valence-electron chi connectivity index (χ4n) is 4.07. The molecule has 0 bridgehead atoms. The third kappa shape index (κ3) is 3.48. The van der Waals surface area contributed by atoms with Crippen LogP contribution in [0.3, 0.4) is 0 Å². The average molecular weight is 336 g/mol. The number of piperidine rings is 2. The lowest BCUT2D eigenvalue weighted by Crippen LogP contribution is -2.54. The zero-order valence-corrected chi connectivity index (χ0v) is 14.0. The molecule has 0 spiro atoms. The zero-order chi connectivity index (χ0) is 17.3. The molecule has 1 amide bonds. The summed E-state index contributed by atoms with van der Waals surface area (Å²) in [5, 5.41) is 19.4. The van der Waals surface area contributed by atoms with Crippen LogP contribution in [0.1, 0.15) is 31.2 Å². The second kappa shape index (κ2) is 6.97. The molecule has 2 aliphatic rings. The lowest BCUT2D eigenvalue weighted by atomic mass is 9.83. The van der Waals surface area contributed by atoms with E-state index in [0.29, 0.717) is 31.6 Å². The van der Waals surface area contributed by atoms with Crippen molar-refractivity contribution in [3.05, 3.63) is 29.6 Å². The fraction of sp³-hybridized carbons (Fsp3) is 0.611. The summed E-state index contributed by atoms with van der Waals surface area (Å²) in [7, 11) is 0. The van der Waals surface area contributed by atoms with Crippen LogP contribution in [0.25, 0.3) is 0 Å². The SMILES string of the molecule is Cc1ccc(N2CCCC(C3CC(O)CCN3C(=O)O)C2)c(F)c1. The third-order valence-corrected chi connectivity index (χ3v) is 5.31. The van der Waals surface area contributed by atoms with Crippen molar-refractivity contribution >= 4 is 11.8 Å². The zero-order valence-electron chi connectivity index (χ0n) is 14.0. The van der Waals surface area contributed by atoms with Crippen LogP contribution < -0.4 is 4.90 Å². The van der Waals surface area contributed by atoms with Crippen molar-refractivity contribution in [2.75, 3.05) is 24.5 Å². The Morgan fingerprint density at radius 1 is 1.29 bits per heavy atom. The number of carbonyl (C=O) groups is 1. The molecule has 2 aliphatic heterocycles. The van der Waals surface area contributed by atoms with E-state index in [-0.39, 0.29) is 17.8 Å². The Kier molecular flexibility index (Phi) is 4.94. The minimum atomic E-state index is -0.925. The quantitative estimate of drug-likeness (QED) is 0.872. The lowest BCUT2D eigenvalue weighted by Gasteiger charge is -2.44. The normalized spacial score (nSPS) is 28.0. The summed E-state index contributed by atoms with van der Waals surface area (Å²) in [6.45, 7) is 3.64. The van der Waals surface area contributed by atoms with Gasteiger partial charge in [-0.25, -0.2) is 9.18 Å². The number of nitrogens with zero attached hydrogens (tertiary/aromatic N) is 2. The van der Waals surface area contributed by atoms with Crippen LogP contribution in [0.4, 0.5) is 14.9 Å². The largest absolute Gasteiger partial charge is 0.465 e. The molecule has 2 saturated heterocycles. The minimum absolute atomic E-state index is 0.116. The minimum Gasteiger partial charge on any atom is -0.465 e. The number of carboxylic acid groups (broad SMARTS) is 1. The van der Waals surface area contributed by atoms with Gasteiger partial charge in [0.05, 0.1) is 11.8 Å². The van der Waals surface area contributed by atoms with Crippen LogP contribution in [0.2, 0.25) is 0 Å². The summed E-state index contributed by atoms with van der Waals surface area (Å²) >= 11 is 0. The summed E-state index contributed by atoms with van der Waals surface area (Å²) in [6.07, 6.45) is 1.40. The number of hydrogen-bond donors (Lipinski definition) is 2. The number of aryl methyl sites for hydroxylation is 1. The molecule has 3 unspecified atom stereocenters. The van der Waals surface area contributed by atoms with Gasteiger partial charge in [-0.1, -0.05) is 6.07 Å². The van der Waals surface area contributed by atoms with Crippen molar-refractivity contribution in [2.24, 2.45) is 5.92 Å². The van der Waals surface area contributed by atoms with Crippen molar-refractivity contribution in [2.45, 2.75) is 44.8 Å². The van der Waals surface area contributed by atoms with E-state index < -0.39 is 12.2 Å². The molecular formula is C18H25FN2O3. The smallest absolute Gasteiger partial charge is 0.407 e. The molecule has 0 aromatic heterocycles. The maximum absolute atomic E-state index is 14.3. The van der Waals surface area contributed by atoms with Gasteiger partial charge in [-0.15, -0.1) is 0 Å². The van der Waals surface area contributed by atoms with E-state index in [4.69, 9.17) is 0 Å². The number of benzene rings is 1. The van der Waals surface area contributed by atoms with Crippen LogP contribution in [0.5, 0.6) is 0 Å². The first kappa shape index (κ1) is 17.0.